The lowest BCUT2D eigenvalue weighted by molar-refractivity contribution is -0.136. The van der Waals surface area contributed by atoms with E-state index >= 15 is 0 Å². The number of methoxy groups -OCH3 is 1. The highest BCUT2D eigenvalue weighted by Crippen LogP contribution is 2.18. The van der Waals surface area contributed by atoms with Gasteiger partial charge in [0.2, 0.25) is 0 Å². The summed E-state index contributed by atoms with van der Waals surface area (Å²) < 4.78 is 4.73. The molecule has 1 N–H and O–H groups in total. The van der Waals surface area contributed by atoms with E-state index in [1.54, 1.807) is 0 Å². The van der Waals surface area contributed by atoms with E-state index < -0.39 is 0 Å². The Bertz CT molecular complexity index is 632. The quantitative estimate of drug-likeness (QED) is 0.663. The monoisotopic (exact) mass is 269 g/mol. The van der Waals surface area contributed by atoms with E-state index in [0.29, 0.717) is 18.5 Å². The van der Waals surface area contributed by atoms with Crippen molar-refractivity contribution in [3.63, 3.8) is 0 Å². The van der Waals surface area contributed by atoms with Crippen LogP contribution in [-0.4, -0.2) is 19.6 Å². The Morgan fingerprint density at radius 2 is 1.95 bits per heavy atom. The van der Waals surface area contributed by atoms with Gasteiger partial charge in [0.15, 0.2) is 0 Å². The maximum atomic E-state index is 11.4. The van der Waals surface area contributed by atoms with Crippen molar-refractivity contribution >= 4 is 22.4 Å². The molecule has 0 saturated carbocycles. The van der Waals surface area contributed by atoms with E-state index in [9.17, 15) is 4.79 Å². The zero-order valence-electron chi connectivity index (χ0n) is 11.8. The van der Waals surface area contributed by atoms with Crippen LogP contribution in [0, 0.1) is 0 Å². The van der Waals surface area contributed by atoms with E-state index in [-0.39, 0.29) is 5.97 Å². The Balaban J connectivity index is 2.05. The van der Waals surface area contributed by atoms with Gasteiger partial charge in [-0.05, 0) is 29.3 Å². The summed E-state index contributed by atoms with van der Waals surface area (Å²) in [7, 11) is 1.41. The maximum absolute atomic E-state index is 11.4. The maximum Gasteiger partial charge on any atom is 0.333 e. The average molecular weight is 269 g/mol. The van der Waals surface area contributed by atoms with Gasteiger partial charge < -0.3 is 10.1 Å². The first-order valence-corrected chi connectivity index (χ1v) is 6.74. The number of rotatable bonds is 5. The molecule has 0 amide bonds. The summed E-state index contributed by atoms with van der Waals surface area (Å²) in [5.74, 6) is -0.257. The molecular formula is C17H19NO2. The lowest BCUT2D eigenvalue weighted by Crippen LogP contribution is -2.07. The standard InChI is InChI=1S/C17H19NO2/c1-3-13(17(19)20-2)10-11-18-16-9-8-14-6-4-5-7-15(14)12-16/h4-10,12,18H,3,11H2,1-2H3/b13-10-. The van der Waals surface area contributed by atoms with Crippen LogP contribution in [0.25, 0.3) is 10.8 Å². The smallest absolute Gasteiger partial charge is 0.333 e. The van der Waals surface area contributed by atoms with Crippen molar-refractivity contribution in [2.75, 3.05) is 19.0 Å². The summed E-state index contributed by atoms with van der Waals surface area (Å²) in [6.45, 7) is 2.55. The van der Waals surface area contributed by atoms with Gasteiger partial charge in [-0.1, -0.05) is 43.3 Å². The van der Waals surface area contributed by atoms with Gasteiger partial charge in [-0.2, -0.15) is 0 Å². The van der Waals surface area contributed by atoms with Crippen molar-refractivity contribution in [2.24, 2.45) is 0 Å². The van der Waals surface area contributed by atoms with Crippen LogP contribution >= 0.6 is 0 Å². The Labute approximate surface area is 119 Å². The van der Waals surface area contributed by atoms with Gasteiger partial charge >= 0.3 is 5.97 Å². The number of benzene rings is 2. The molecule has 0 radical (unpaired) electrons. The summed E-state index contributed by atoms with van der Waals surface area (Å²) in [6, 6.07) is 14.5. The predicted molar refractivity (Wildman–Crippen MR) is 82.8 cm³/mol. The second-order valence-corrected chi connectivity index (χ2v) is 4.52. The van der Waals surface area contributed by atoms with Crippen molar-refractivity contribution in [1.82, 2.24) is 0 Å². The fraction of sp³-hybridized carbons (Fsp3) is 0.235. The Hall–Kier alpha value is -2.29. The summed E-state index contributed by atoms with van der Waals surface area (Å²) in [5.41, 5.74) is 1.74. The van der Waals surface area contributed by atoms with Gasteiger partial charge in [-0.15, -0.1) is 0 Å². The summed E-state index contributed by atoms with van der Waals surface area (Å²) in [6.07, 6.45) is 2.55. The van der Waals surface area contributed by atoms with Crippen molar-refractivity contribution in [2.45, 2.75) is 13.3 Å². The number of carbonyl (C=O) groups excluding carboxylic acids is 1. The fourth-order valence-corrected chi connectivity index (χ4v) is 2.09. The summed E-state index contributed by atoms with van der Waals surface area (Å²) in [4.78, 5) is 11.4. The summed E-state index contributed by atoms with van der Waals surface area (Å²) >= 11 is 0. The van der Waals surface area contributed by atoms with Crippen LogP contribution in [0.4, 0.5) is 5.69 Å². The number of hydrogen-bond donors (Lipinski definition) is 1. The molecular weight excluding hydrogens is 250 g/mol. The molecule has 0 spiro atoms. The Morgan fingerprint density at radius 3 is 2.65 bits per heavy atom. The molecule has 0 aliphatic rings. The van der Waals surface area contributed by atoms with Gasteiger partial charge in [0.1, 0.15) is 0 Å². The highest BCUT2D eigenvalue weighted by Gasteiger charge is 2.05. The highest BCUT2D eigenvalue weighted by atomic mass is 16.5. The largest absolute Gasteiger partial charge is 0.466 e. The molecule has 0 aromatic heterocycles. The van der Waals surface area contributed by atoms with Gasteiger partial charge in [-0.25, -0.2) is 4.79 Å². The first-order valence-electron chi connectivity index (χ1n) is 6.74. The topological polar surface area (TPSA) is 38.3 Å². The molecule has 3 nitrogen and oxygen atoms in total. The van der Waals surface area contributed by atoms with Crippen molar-refractivity contribution < 1.29 is 9.53 Å². The second-order valence-electron chi connectivity index (χ2n) is 4.52. The average Bonchev–Trinajstić information content (AvgIpc) is 2.50. The third-order valence-corrected chi connectivity index (χ3v) is 3.23. The van der Waals surface area contributed by atoms with Crippen LogP contribution in [0.3, 0.4) is 0 Å². The first kappa shape index (κ1) is 14.1. The van der Waals surface area contributed by atoms with Crippen LogP contribution < -0.4 is 5.32 Å². The molecule has 104 valence electrons. The number of esters is 1. The summed E-state index contributed by atoms with van der Waals surface area (Å²) in [5, 5.41) is 5.72. The molecule has 0 bridgehead atoms. The molecule has 2 aromatic rings. The molecule has 0 heterocycles. The minimum absolute atomic E-state index is 0.257. The molecule has 0 saturated heterocycles. The minimum atomic E-state index is -0.257. The number of hydrogen-bond acceptors (Lipinski definition) is 3. The van der Waals surface area contributed by atoms with Gasteiger partial charge in [0.25, 0.3) is 0 Å². The highest BCUT2D eigenvalue weighted by molar-refractivity contribution is 5.88. The van der Waals surface area contributed by atoms with Crippen molar-refractivity contribution in [3.8, 4) is 0 Å². The van der Waals surface area contributed by atoms with Crippen LogP contribution in [0.1, 0.15) is 13.3 Å². The molecule has 0 fully saturated rings. The van der Waals surface area contributed by atoms with E-state index in [0.717, 1.165) is 5.69 Å². The zero-order chi connectivity index (χ0) is 14.4. The van der Waals surface area contributed by atoms with Crippen LogP contribution in [0.5, 0.6) is 0 Å². The third kappa shape index (κ3) is 3.38. The fourth-order valence-electron chi connectivity index (χ4n) is 2.09. The SMILES string of the molecule is CC/C(=C/CNc1ccc2ccccc2c1)C(=O)OC. The molecule has 0 aliphatic heterocycles. The number of fused-ring (bicyclic) bond motifs is 1. The van der Waals surface area contributed by atoms with Gasteiger partial charge in [-0.3, -0.25) is 0 Å². The number of carbonyl (C=O) groups is 1. The lowest BCUT2D eigenvalue weighted by Gasteiger charge is -2.07. The number of nitrogens with one attached hydrogen (secondary N) is 1. The molecule has 0 aliphatic carbocycles. The van der Waals surface area contributed by atoms with Crippen LogP contribution in [0.15, 0.2) is 54.1 Å². The molecule has 2 rings (SSSR count). The van der Waals surface area contributed by atoms with Crippen molar-refractivity contribution in [3.05, 3.63) is 54.1 Å². The van der Waals surface area contributed by atoms with E-state index in [4.69, 9.17) is 4.74 Å². The van der Waals surface area contributed by atoms with Crippen LogP contribution in [0.2, 0.25) is 0 Å². The predicted octanol–water partition coefficient (Wildman–Crippen LogP) is 3.76. The molecule has 20 heavy (non-hydrogen) atoms. The van der Waals surface area contributed by atoms with E-state index in [1.165, 1.54) is 17.9 Å². The normalized spacial score (nSPS) is 11.4. The molecule has 0 unspecified atom stereocenters. The zero-order valence-corrected chi connectivity index (χ0v) is 11.8. The van der Waals surface area contributed by atoms with Crippen LogP contribution in [-0.2, 0) is 9.53 Å². The first-order chi connectivity index (χ1) is 9.74. The number of anilines is 1. The van der Waals surface area contributed by atoms with Gasteiger partial charge in [0.05, 0.1) is 7.11 Å². The minimum Gasteiger partial charge on any atom is -0.466 e. The molecule has 3 heteroatoms. The van der Waals surface area contributed by atoms with E-state index in [2.05, 4.69) is 29.6 Å². The lowest BCUT2D eigenvalue weighted by atomic mass is 10.1. The Kier molecular flexibility index (Phi) is 4.77. The van der Waals surface area contributed by atoms with E-state index in [1.807, 2.05) is 31.2 Å². The molecule has 2 aromatic carbocycles. The Morgan fingerprint density at radius 1 is 1.20 bits per heavy atom. The molecule has 0 atom stereocenters. The second kappa shape index (κ2) is 6.75. The van der Waals surface area contributed by atoms with Crippen molar-refractivity contribution in [1.29, 1.82) is 0 Å². The third-order valence-electron chi connectivity index (χ3n) is 3.23. The van der Waals surface area contributed by atoms with Gasteiger partial charge in [0, 0.05) is 17.8 Å². The number of ether oxygens (including phenoxy) is 1.